The van der Waals surface area contributed by atoms with E-state index in [2.05, 4.69) is 4.74 Å². The van der Waals surface area contributed by atoms with Gasteiger partial charge in [-0.25, -0.2) is 13.2 Å². The molecule has 2 aromatic rings. The van der Waals surface area contributed by atoms with Crippen molar-refractivity contribution < 1.29 is 31.5 Å². The molecular formula is C14H8F5NO2. The van der Waals surface area contributed by atoms with Crippen LogP contribution in [0, 0.1) is 17.5 Å². The maximum Gasteiger partial charge on any atom is 0.387 e. The Morgan fingerprint density at radius 2 is 1.77 bits per heavy atom. The van der Waals surface area contributed by atoms with Crippen molar-refractivity contribution in [2.75, 3.05) is 5.32 Å². The van der Waals surface area contributed by atoms with E-state index in [0.29, 0.717) is 6.07 Å². The number of benzene rings is 2. The monoisotopic (exact) mass is 317 g/mol. The molecule has 2 rings (SSSR count). The quantitative estimate of drug-likeness (QED) is 0.685. The highest BCUT2D eigenvalue weighted by molar-refractivity contribution is 6.04. The standard InChI is InChI=1S/C14H8F5NO2/c15-9-4-5-10(12(17)11(9)16)20-13(21)7-2-1-3-8(6-7)22-14(18)19/h1-6,14H,(H,20,21). The van der Waals surface area contributed by atoms with Gasteiger partial charge in [-0.2, -0.15) is 8.78 Å². The molecule has 0 saturated carbocycles. The summed E-state index contributed by atoms with van der Waals surface area (Å²) >= 11 is 0. The third kappa shape index (κ3) is 3.51. The first kappa shape index (κ1) is 15.7. The Kier molecular flexibility index (Phi) is 4.59. The number of amides is 1. The molecule has 0 radical (unpaired) electrons. The summed E-state index contributed by atoms with van der Waals surface area (Å²) in [4.78, 5) is 11.9. The SMILES string of the molecule is O=C(Nc1ccc(F)c(F)c1F)c1cccc(OC(F)F)c1. The summed E-state index contributed by atoms with van der Waals surface area (Å²) in [5, 5.41) is 2.01. The van der Waals surface area contributed by atoms with Gasteiger partial charge >= 0.3 is 6.61 Å². The number of carbonyl (C=O) groups excluding carboxylic acids is 1. The molecule has 0 aromatic heterocycles. The minimum Gasteiger partial charge on any atom is -0.435 e. The van der Waals surface area contributed by atoms with Gasteiger partial charge in [-0.1, -0.05) is 6.07 Å². The average Bonchev–Trinajstić information content (AvgIpc) is 2.47. The number of rotatable bonds is 4. The normalized spacial score (nSPS) is 10.6. The van der Waals surface area contributed by atoms with Crippen LogP contribution in [0.25, 0.3) is 0 Å². The maximum absolute atomic E-state index is 13.4. The second-order valence-corrected chi connectivity index (χ2v) is 4.08. The molecule has 8 heteroatoms. The molecule has 3 nitrogen and oxygen atoms in total. The summed E-state index contributed by atoms with van der Waals surface area (Å²) in [6.07, 6.45) is 0. The first-order chi connectivity index (χ1) is 10.4. The third-order valence-corrected chi connectivity index (χ3v) is 2.60. The number of hydrogen-bond acceptors (Lipinski definition) is 2. The predicted octanol–water partition coefficient (Wildman–Crippen LogP) is 3.96. The van der Waals surface area contributed by atoms with Gasteiger partial charge in [0.2, 0.25) is 0 Å². The molecule has 0 aliphatic carbocycles. The van der Waals surface area contributed by atoms with Gasteiger partial charge in [0.25, 0.3) is 5.91 Å². The number of ether oxygens (including phenoxy) is 1. The van der Waals surface area contributed by atoms with E-state index in [1.807, 2.05) is 5.32 Å². The molecule has 0 saturated heterocycles. The highest BCUT2D eigenvalue weighted by Crippen LogP contribution is 2.21. The fraction of sp³-hybridized carbons (Fsp3) is 0.0714. The highest BCUT2D eigenvalue weighted by Gasteiger charge is 2.16. The first-order valence-corrected chi connectivity index (χ1v) is 5.88. The van der Waals surface area contributed by atoms with Crippen LogP contribution in [-0.2, 0) is 0 Å². The van der Waals surface area contributed by atoms with Crippen LogP contribution in [0.3, 0.4) is 0 Å². The van der Waals surface area contributed by atoms with E-state index in [4.69, 9.17) is 0 Å². The molecule has 0 spiro atoms. The summed E-state index contributed by atoms with van der Waals surface area (Å²) in [5.74, 6) is -5.86. The molecule has 0 atom stereocenters. The van der Waals surface area contributed by atoms with Gasteiger partial charge in [0, 0.05) is 5.56 Å². The van der Waals surface area contributed by atoms with Crippen LogP contribution >= 0.6 is 0 Å². The van der Waals surface area contributed by atoms with Crippen molar-refractivity contribution in [2.45, 2.75) is 6.61 Å². The zero-order chi connectivity index (χ0) is 16.3. The number of halogens is 5. The van der Waals surface area contributed by atoms with Crippen LogP contribution in [0.1, 0.15) is 10.4 Å². The van der Waals surface area contributed by atoms with Crippen LogP contribution in [0.2, 0.25) is 0 Å². The second-order valence-electron chi connectivity index (χ2n) is 4.08. The van der Waals surface area contributed by atoms with Crippen molar-refractivity contribution in [1.82, 2.24) is 0 Å². The highest BCUT2D eigenvalue weighted by atomic mass is 19.3. The maximum atomic E-state index is 13.4. The number of carbonyl (C=O) groups is 1. The van der Waals surface area contributed by atoms with Gasteiger partial charge in [0.05, 0.1) is 5.69 Å². The van der Waals surface area contributed by atoms with E-state index in [1.165, 1.54) is 18.2 Å². The van der Waals surface area contributed by atoms with Crippen molar-refractivity contribution in [3.63, 3.8) is 0 Å². The van der Waals surface area contributed by atoms with E-state index in [0.717, 1.165) is 12.1 Å². The van der Waals surface area contributed by atoms with Crippen molar-refractivity contribution in [1.29, 1.82) is 0 Å². The minimum absolute atomic E-state index is 0.123. The summed E-state index contributed by atoms with van der Waals surface area (Å²) in [6.45, 7) is -3.07. The largest absolute Gasteiger partial charge is 0.435 e. The Balaban J connectivity index is 2.21. The number of nitrogens with one attached hydrogen (secondary N) is 1. The fourth-order valence-electron chi connectivity index (χ4n) is 1.63. The smallest absolute Gasteiger partial charge is 0.387 e. The van der Waals surface area contributed by atoms with Crippen molar-refractivity contribution in [3.05, 3.63) is 59.4 Å². The van der Waals surface area contributed by atoms with E-state index in [1.54, 1.807) is 0 Å². The molecular weight excluding hydrogens is 309 g/mol. The van der Waals surface area contributed by atoms with Crippen molar-refractivity contribution >= 4 is 11.6 Å². The summed E-state index contributed by atoms with van der Waals surface area (Å²) in [7, 11) is 0. The van der Waals surface area contributed by atoms with Crippen LogP contribution in [0.4, 0.5) is 27.6 Å². The molecule has 1 N–H and O–H groups in total. The zero-order valence-corrected chi connectivity index (χ0v) is 10.7. The lowest BCUT2D eigenvalue weighted by atomic mass is 10.2. The third-order valence-electron chi connectivity index (χ3n) is 2.60. The lowest BCUT2D eigenvalue weighted by Gasteiger charge is -2.09. The molecule has 0 heterocycles. The summed E-state index contributed by atoms with van der Waals surface area (Å²) in [6, 6.07) is 6.20. The lowest BCUT2D eigenvalue weighted by Crippen LogP contribution is -2.14. The van der Waals surface area contributed by atoms with E-state index in [9.17, 15) is 26.7 Å². The summed E-state index contributed by atoms with van der Waals surface area (Å²) < 4.78 is 67.6. The van der Waals surface area contributed by atoms with Crippen LogP contribution in [0.5, 0.6) is 5.75 Å². The number of hydrogen-bond donors (Lipinski definition) is 1. The van der Waals surface area contributed by atoms with Crippen LogP contribution in [0.15, 0.2) is 36.4 Å². The van der Waals surface area contributed by atoms with Crippen LogP contribution < -0.4 is 10.1 Å². The van der Waals surface area contributed by atoms with Gasteiger partial charge in [-0.05, 0) is 30.3 Å². The Labute approximate surface area is 121 Å². The fourth-order valence-corrected chi connectivity index (χ4v) is 1.63. The van der Waals surface area contributed by atoms with Gasteiger partial charge in [-0.3, -0.25) is 4.79 Å². The number of alkyl halides is 2. The van der Waals surface area contributed by atoms with E-state index >= 15 is 0 Å². The Morgan fingerprint density at radius 1 is 1.05 bits per heavy atom. The minimum atomic E-state index is -3.07. The van der Waals surface area contributed by atoms with Crippen LogP contribution in [-0.4, -0.2) is 12.5 Å². The average molecular weight is 317 g/mol. The molecule has 0 aliphatic rings. The van der Waals surface area contributed by atoms with E-state index < -0.39 is 35.7 Å². The molecule has 0 unspecified atom stereocenters. The molecule has 1 amide bonds. The first-order valence-electron chi connectivity index (χ1n) is 5.88. The molecule has 0 aliphatic heterocycles. The van der Waals surface area contributed by atoms with Gasteiger partial charge in [0.1, 0.15) is 5.75 Å². The van der Waals surface area contributed by atoms with Gasteiger partial charge in [-0.15, -0.1) is 0 Å². The molecule has 0 fully saturated rings. The summed E-state index contributed by atoms with van der Waals surface area (Å²) in [5.41, 5.74) is -0.702. The Hall–Kier alpha value is -2.64. The topological polar surface area (TPSA) is 38.3 Å². The molecule has 22 heavy (non-hydrogen) atoms. The van der Waals surface area contributed by atoms with Crippen molar-refractivity contribution in [3.8, 4) is 5.75 Å². The van der Waals surface area contributed by atoms with E-state index in [-0.39, 0.29) is 11.3 Å². The molecule has 116 valence electrons. The second kappa shape index (κ2) is 6.42. The zero-order valence-electron chi connectivity index (χ0n) is 10.7. The Bertz CT molecular complexity index is 706. The Morgan fingerprint density at radius 3 is 2.45 bits per heavy atom. The molecule has 0 bridgehead atoms. The molecule has 2 aromatic carbocycles. The van der Waals surface area contributed by atoms with Gasteiger partial charge < -0.3 is 10.1 Å². The van der Waals surface area contributed by atoms with Crippen molar-refractivity contribution in [2.24, 2.45) is 0 Å². The van der Waals surface area contributed by atoms with Gasteiger partial charge in [0.15, 0.2) is 17.5 Å². The predicted molar refractivity (Wildman–Crippen MR) is 67.3 cm³/mol. The lowest BCUT2D eigenvalue weighted by molar-refractivity contribution is -0.0498. The number of anilines is 1.